The van der Waals surface area contributed by atoms with Crippen LogP contribution < -0.4 is 10.9 Å². The first-order valence-corrected chi connectivity index (χ1v) is 7.19. The van der Waals surface area contributed by atoms with Crippen molar-refractivity contribution in [3.05, 3.63) is 51.9 Å². The van der Waals surface area contributed by atoms with Gasteiger partial charge in [0.2, 0.25) is 0 Å². The van der Waals surface area contributed by atoms with E-state index < -0.39 is 0 Å². The Hall–Kier alpha value is -1.56. The predicted octanol–water partition coefficient (Wildman–Crippen LogP) is 2.67. The zero-order valence-corrected chi connectivity index (χ0v) is 14.2. The first-order chi connectivity index (χ1) is 10.1. The molecule has 0 radical (unpaired) electrons. The fraction of sp³-hybridized carbons (Fsp3) is 0.333. The van der Waals surface area contributed by atoms with Gasteiger partial charge in [-0.1, -0.05) is 29.8 Å². The van der Waals surface area contributed by atoms with Gasteiger partial charge in [0.15, 0.2) is 5.15 Å². The maximum absolute atomic E-state index is 12.4. The Balaban J connectivity index is 0.00000242. The van der Waals surface area contributed by atoms with Gasteiger partial charge in [0.25, 0.3) is 5.56 Å². The fourth-order valence-electron chi connectivity index (χ4n) is 1.95. The van der Waals surface area contributed by atoms with Crippen LogP contribution in [0.25, 0.3) is 5.69 Å². The van der Waals surface area contributed by atoms with E-state index in [1.807, 2.05) is 44.4 Å². The highest BCUT2D eigenvalue weighted by molar-refractivity contribution is 6.29. The smallest absolute Gasteiger partial charge is 0.294 e. The lowest BCUT2D eigenvalue weighted by Crippen LogP contribution is -2.25. The van der Waals surface area contributed by atoms with Crippen LogP contribution >= 0.6 is 24.0 Å². The number of hydrogen-bond donors (Lipinski definition) is 1. The van der Waals surface area contributed by atoms with Crippen molar-refractivity contribution in [3.63, 3.8) is 0 Å². The summed E-state index contributed by atoms with van der Waals surface area (Å²) < 4.78 is 1.32. The fourth-order valence-corrected chi connectivity index (χ4v) is 2.14. The molecule has 0 spiro atoms. The van der Waals surface area contributed by atoms with Crippen molar-refractivity contribution in [1.29, 1.82) is 0 Å². The molecule has 1 heterocycles. The van der Waals surface area contributed by atoms with E-state index in [1.54, 1.807) is 6.07 Å². The van der Waals surface area contributed by atoms with Crippen LogP contribution in [0.3, 0.4) is 0 Å². The van der Waals surface area contributed by atoms with Crippen molar-refractivity contribution < 1.29 is 0 Å². The molecule has 0 saturated heterocycles. The van der Waals surface area contributed by atoms with Gasteiger partial charge in [-0.25, -0.2) is 0 Å². The molecule has 0 atom stereocenters. The zero-order valence-electron chi connectivity index (χ0n) is 12.6. The zero-order chi connectivity index (χ0) is 15.2. The first kappa shape index (κ1) is 18.5. The summed E-state index contributed by atoms with van der Waals surface area (Å²) in [7, 11) is 4.04. The molecule has 0 fully saturated rings. The molecule has 1 aromatic heterocycles. The van der Waals surface area contributed by atoms with E-state index in [1.165, 1.54) is 4.68 Å². The number of nitrogens with zero attached hydrogens (tertiary/aromatic N) is 3. The Morgan fingerprint density at radius 3 is 2.59 bits per heavy atom. The molecule has 1 N–H and O–H groups in total. The van der Waals surface area contributed by atoms with Crippen LogP contribution in [-0.2, 0) is 0 Å². The molecule has 120 valence electrons. The van der Waals surface area contributed by atoms with Crippen molar-refractivity contribution in [2.75, 3.05) is 32.5 Å². The standard InChI is InChI=1S/C15H19ClN4O.ClH/c1-19(2)10-6-9-17-13-11-14(16)18-20(15(13)21)12-7-4-3-5-8-12;/h3-5,7-8,11,17H,6,9-10H2,1-2H3;1H. The topological polar surface area (TPSA) is 50.2 Å². The molecule has 2 rings (SSSR count). The van der Waals surface area contributed by atoms with Crippen LogP contribution in [0.4, 0.5) is 5.69 Å². The highest BCUT2D eigenvalue weighted by atomic mass is 35.5. The second-order valence-electron chi connectivity index (χ2n) is 5.02. The molecule has 0 unspecified atom stereocenters. The second-order valence-corrected chi connectivity index (χ2v) is 5.40. The van der Waals surface area contributed by atoms with Gasteiger partial charge in [0.05, 0.1) is 5.69 Å². The Morgan fingerprint density at radius 1 is 1.27 bits per heavy atom. The number of aromatic nitrogens is 2. The van der Waals surface area contributed by atoms with Crippen molar-refractivity contribution in [2.24, 2.45) is 0 Å². The minimum Gasteiger partial charge on any atom is -0.380 e. The molecule has 7 heteroatoms. The molecule has 22 heavy (non-hydrogen) atoms. The summed E-state index contributed by atoms with van der Waals surface area (Å²) in [5.74, 6) is 0. The van der Waals surface area contributed by atoms with Crippen molar-refractivity contribution in [2.45, 2.75) is 6.42 Å². The Bertz CT molecular complexity index is 644. The molecule has 2 aromatic rings. The summed E-state index contributed by atoms with van der Waals surface area (Å²) in [5.41, 5.74) is 0.967. The van der Waals surface area contributed by atoms with Crippen LogP contribution in [0, 0.1) is 0 Å². The maximum Gasteiger partial charge on any atom is 0.294 e. The van der Waals surface area contributed by atoms with E-state index in [2.05, 4.69) is 15.3 Å². The minimum atomic E-state index is -0.199. The van der Waals surface area contributed by atoms with E-state index in [9.17, 15) is 4.79 Å². The van der Waals surface area contributed by atoms with Crippen LogP contribution in [-0.4, -0.2) is 41.9 Å². The quantitative estimate of drug-likeness (QED) is 0.820. The summed E-state index contributed by atoms with van der Waals surface area (Å²) in [4.78, 5) is 14.5. The third-order valence-corrected chi connectivity index (χ3v) is 3.16. The summed E-state index contributed by atoms with van der Waals surface area (Å²) in [6.07, 6.45) is 0.942. The Labute approximate surface area is 141 Å². The number of hydrogen-bond acceptors (Lipinski definition) is 4. The van der Waals surface area contributed by atoms with E-state index >= 15 is 0 Å². The van der Waals surface area contributed by atoms with E-state index in [4.69, 9.17) is 11.6 Å². The third-order valence-electron chi connectivity index (χ3n) is 2.98. The molecule has 0 saturated carbocycles. The van der Waals surface area contributed by atoms with E-state index in [0.717, 1.165) is 13.0 Å². The molecule has 5 nitrogen and oxygen atoms in total. The monoisotopic (exact) mass is 342 g/mol. The molecule has 0 aliphatic carbocycles. The number of nitrogens with one attached hydrogen (secondary N) is 1. The summed E-state index contributed by atoms with van der Waals surface area (Å²) >= 11 is 6.02. The van der Waals surface area contributed by atoms with Gasteiger partial charge in [-0.2, -0.15) is 9.78 Å². The minimum absolute atomic E-state index is 0. The highest BCUT2D eigenvalue weighted by Crippen LogP contribution is 2.11. The predicted molar refractivity (Wildman–Crippen MR) is 93.8 cm³/mol. The Kier molecular flexibility index (Phi) is 7.38. The summed E-state index contributed by atoms with van der Waals surface area (Å²) in [6.45, 7) is 1.67. The normalized spacial score (nSPS) is 10.4. The van der Waals surface area contributed by atoms with E-state index in [0.29, 0.717) is 17.9 Å². The van der Waals surface area contributed by atoms with Crippen molar-refractivity contribution in [3.8, 4) is 5.69 Å². The van der Waals surface area contributed by atoms with Crippen molar-refractivity contribution in [1.82, 2.24) is 14.7 Å². The molecule has 1 aromatic carbocycles. The van der Waals surface area contributed by atoms with Crippen molar-refractivity contribution >= 4 is 29.7 Å². The van der Waals surface area contributed by atoms with Gasteiger partial charge in [-0.05, 0) is 39.2 Å². The number of para-hydroxylation sites is 1. The number of anilines is 1. The molecule has 0 aliphatic heterocycles. The summed E-state index contributed by atoms with van der Waals surface area (Å²) in [6, 6.07) is 10.8. The van der Waals surface area contributed by atoms with Crippen LogP contribution in [0.2, 0.25) is 5.15 Å². The van der Waals surface area contributed by atoms with Gasteiger partial charge < -0.3 is 10.2 Å². The lowest BCUT2D eigenvalue weighted by molar-refractivity contribution is 0.405. The highest BCUT2D eigenvalue weighted by Gasteiger charge is 2.08. The molecule has 0 aliphatic rings. The molecular weight excluding hydrogens is 323 g/mol. The van der Waals surface area contributed by atoms with Gasteiger partial charge >= 0.3 is 0 Å². The van der Waals surface area contributed by atoms with Gasteiger partial charge in [-0.3, -0.25) is 4.79 Å². The Morgan fingerprint density at radius 2 is 1.95 bits per heavy atom. The van der Waals surface area contributed by atoms with Gasteiger partial charge in [-0.15, -0.1) is 12.4 Å². The maximum atomic E-state index is 12.4. The van der Waals surface area contributed by atoms with Crippen LogP contribution in [0.1, 0.15) is 6.42 Å². The average Bonchev–Trinajstić information content (AvgIpc) is 2.47. The van der Waals surface area contributed by atoms with Gasteiger partial charge in [0.1, 0.15) is 5.69 Å². The first-order valence-electron chi connectivity index (χ1n) is 6.82. The molecule has 0 amide bonds. The number of halogens is 2. The number of benzene rings is 1. The van der Waals surface area contributed by atoms with Crippen LogP contribution in [0.15, 0.2) is 41.2 Å². The average molecular weight is 343 g/mol. The second kappa shape index (κ2) is 8.78. The third kappa shape index (κ3) is 5.02. The molecule has 0 bridgehead atoms. The van der Waals surface area contributed by atoms with Gasteiger partial charge in [0, 0.05) is 12.6 Å². The SMILES string of the molecule is CN(C)CCCNc1cc(Cl)nn(-c2ccccc2)c1=O.Cl. The molecular formula is C15H20Cl2N4O. The van der Waals surface area contributed by atoms with Crippen LogP contribution in [0.5, 0.6) is 0 Å². The number of rotatable bonds is 6. The summed E-state index contributed by atoms with van der Waals surface area (Å²) in [5, 5.41) is 7.50. The lowest BCUT2D eigenvalue weighted by atomic mass is 10.3. The largest absolute Gasteiger partial charge is 0.380 e. The lowest BCUT2D eigenvalue weighted by Gasteiger charge is -2.12. The van der Waals surface area contributed by atoms with E-state index in [-0.39, 0.29) is 23.1 Å².